The lowest BCUT2D eigenvalue weighted by atomic mass is 10.00. The molecule has 0 aliphatic heterocycles. The molecule has 26 heavy (non-hydrogen) atoms. The maximum absolute atomic E-state index is 10.9. The fourth-order valence-corrected chi connectivity index (χ4v) is 3.39. The fourth-order valence-electron chi connectivity index (χ4n) is 2.57. The number of anilines is 1. The molecule has 132 valence electrons. The SMILES string of the molecule is Cc1cccc(C)c1-c1cc(Cl)nc(NSc2cccc([N+](=O)[O-])c2)n1. The summed E-state index contributed by atoms with van der Waals surface area (Å²) in [5.41, 5.74) is 3.96. The molecule has 0 bridgehead atoms. The molecule has 0 saturated heterocycles. The first-order valence-corrected chi connectivity index (χ1v) is 8.92. The number of aryl methyl sites for hydroxylation is 2. The van der Waals surface area contributed by atoms with Crippen LogP contribution in [0.5, 0.6) is 0 Å². The van der Waals surface area contributed by atoms with Crippen molar-refractivity contribution < 1.29 is 4.92 Å². The third kappa shape index (κ3) is 4.12. The van der Waals surface area contributed by atoms with Crippen molar-refractivity contribution in [2.45, 2.75) is 18.7 Å². The summed E-state index contributed by atoms with van der Waals surface area (Å²) in [5.74, 6) is 0.339. The highest BCUT2D eigenvalue weighted by atomic mass is 35.5. The van der Waals surface area contributed by atoms with Gasteiger partial charge >= 0.3 is 0 Å². The molecule has 8 heteroatoms. The minimum atomic E-state index is -0.432. The molecule has 0 spiro atoms. The van der Waals surface area contributed by atoms with Crippen molar-refractivity contribution in [3.8, 4) is 11.3 Å². The van der Waals surface area contributed by atoms with E-state index in [4.69, 9.17) is 11.6 Å². The Morgan fingerprint density at radius 2 is 1.77 bits per heavy atom. The predicted octanol–water partition coefficient (Wildman–Crippen LogP) is 5.44. The van der Waals surface area contributed by atoms with Crippen molar-refractivity contribution in [2.24, 2.45) is 0 Å². The Bertz CT molecular complexity index is 961. The third-order valence-electron chi connectivity index (χ3n) is 3.72. The van der Waals surface area contributed by atoms with Crippen molar-refractivity contribution in [1.82, 2.24) is 9.97 Å². The topological polar surface area (TPSA) is 81.0 Å². The van der Waals surface area contributed by atoms with E-state index in [1.165, 1.54) is 24.1 Å². The lowest BCUT2D eigenvalue weighted by Crippen LogP contribution is -1.99. The number of benzene rings is 2. The van der Waals surface area contributed by atoms with Gasteiger partial charge in [0.2, 0.25) is 5.95 Å². The zero-order valence-electron chi connectivity index (χ0n) is 14.1. The van der Waals surface area contributed by atoms with Crippen LogP contribution in [-0.2, 0) is 0 Å². The van der Waals surface area contributed by atoms with E-state index in [1.807, 2.05) is 32.0 Å². The van der Waals surface area contributed by atoms with Crippen LogP contribution in [-0.4, -0.2) is 14.9 Å². The van der Waals surface area contributed by atoms with Crippen LogP contribution in [0.1, 0.15) is 11.1 Å². The number of nitro groups is 1. The lowest BCUT2D eigenvalue weighted by Gasteiger charge is -2.11. The van der Waals surface area contributed by atoms with Gasteiger partial charge in [0, 0.05) is 28.7 Å². The second-order valence-electron chi connectivity index (χ2n) is 5.62. The highest BCUT2D eigenvalue weighted by Gasteiger charge is 2.11. The van der Waals surface area contributed by atoms with E-state index >= 15 is 0 Å². The van der Waals surface area contributed by atoms with Crippen LogP contribution >= 0.6 is 23.5 Å². The average molecular weight is 387 g/mol. The summed E-state index contributed by atoms with van der Waals surface area (Å²) < 4.78 is 3.00. The van der Waals surface area contributed by atoms with Gasteiger partial charge in [-0.2, -0.15) is 0 Å². The van der Waals surface area contributed by atoms with Gasteiger partial charge < -0.3 is 0 Å². The van der Waals surface area contributed by atoms with Crippen LogP contribution in [0.25, 0.3) is 11.3 Å². The standard InChI is InChI=1S/C18H15ClN4O2S/c1-11-5-3-6-12(2)17(11)15-10-16(19)21-18(20-15)22-26-14-8-4-7-13(9-14)23(24)25/h3-10H,1-2H3,(H,20,21,22). The number of hydrogen-bond donors (Lipinski definition) is 1. The number of nitro benzene ring substituents is 1. The van der Waals surface area contributed by atoms with E-state index in [0.29, 0.717) is 16.0 Å². The first kappa shape index (κ1) is 18.2. The highest BCUT2D eigenvalue weighted by Crippen LogP contribution is 2.29. The average Bonchev–Trinajstić information content (AvgIpc) is 2.60. The largest absolute Gasteiger partial charge is 0.294 e. The van der Waals surface area contributed by atoms with Crippen LogP contribution < -0.4 is 4.72 Å². The number of non-ortho nitro benzene ring substituents is 1. The van der Waals surface area contributed by atoms with Crippen LogP contribution in [0.3, 0.4) is 0 Å². The van der Waals surface area contributed by atoms with Gasteiger partial charge in [0.25, 0.3) is 5.69 Å². The molecule has 1 aromatic heterocycles. The summed E-state index contributed by atoms with van der Waals surface area (Å²) in [6, 6.07) is 14.1. The minimum absolute atomic E-state index is 0.0278. The maximum atomic E-state index is 10.9. The Labute approximate surface area is 159 Å². The van der Waals surface area contributed by atoms with Gasteiger partial charge in [-0.3, -0.25) is 14.8 Å². The van der Waals surface area contributed by atoms with Crippen molar-refractivity contribution in [1.29, 1.82) is 0 Å². The molecule has 6 nitrogen and oxygen atoms in total. The second-order valence-corrected chi connectivity index (χ2v) is 6.89. The number of hydrogen-bond acceptors (Lipinski definition) is 6. The molecule has 0 fully saturated rings. The van der Waals surface area contributed by atoms with Gasteiger partial charge in [-0.25, -0.2) is 9.97 Å². The van der Waals surface area contributed by atoms with Crippen LogP contribution in [0, 0.1) is 24.0 Å². The van der Waals surface area contributed by atoms with Crippen molar-refractivity contribution >= 4 is 35.2 Å². The Morgan fingerprint density at radius 3 is 2.46 bits per heavy atom. The molecule has 3 aromatic rings. The molecule has 0 aliphatic carbocycles. The smallest absolute Gasteiger partial charge is 0.270 e. The van der Waals surface area contributed by atoms with Crippen LogP contribution in [0.15, 0.2) is 53.4 Å². The van der Waals surface area contributed by atoms with E-state index in [0.717, 1.165) is 22.4 Å². The molecule has 0 amide bonds. The molecule has 1 heterocycles. The van der Waals surface area contributed by atoms with Gasteiger partial charge in [-0.15, -0.1) is 0 Å². The van der Waals surface area contributed by atoms with Crippen molar-refractivity contribution in [3.63, 3.8) is 0 Å². The monoisotopic (exact) mass is 386 g/mol. The number of nitrogens with one attached hydrogen (secondary N) is 1. The molecule has 0 radical (unpaired) electrons. The van der Waals surface area contributed by atoms with E-state index in [1.54, 1.807) is 18.2 Å². The molecular weight excluding hydrogens is 372 g/mol. The zero-order chi connectivity index (χ0) is 18.7. The van der Waals surface area contributed by atoms with Crippen molar-refractivity contribution in [2.75, 3.05) is 4.72 Å². The summed E-state index contributed by atoms with van der Waals surface area (Å²) in [7, 11) is 0. The van der Waals surface area contributed by atoms with Crippen LogP contribution in [0.2, 0.25) is 5.15 Å². The summed E-state index contributed by atoms with van der Waals surface area (Å²) in [5, 5.41) is 11.2. The maximum Gasteiger partial charge on any atom is 0.270 e. The molecule has 0 aliphatic rings. The normalized spacial score (nSPS) is 10.6. The van der Waals surface area contributed by atoms with Crippen LogP contribution in [0.4, 0.5) is 11.6 Å². The summed E-state index contributed by atoms with van der Waals surface area (Å²) >= 11 is 7.35. The molecule has 0 saturated carbocycles. The van der Waals surface area contributed by atoms with E-state index in [9.17, 15) is 10.1 Å². The molecule has 0 unspecified atom stereocenters. The molecule has 3 rings (SSSR count). The molecular formula is C18H15ClN4O2S. The number of rotatable bonds is 5. The number of nitrogens with zero attached hydrogens (tertiary/aromatic N) is 3. The van der Waals surface area contributed by atoms with E-state index in [-0.39, 0.29) is 5.69 Å². The summed E-state index contributed by atoms with van der Waals surface area (Å²) in [6.07, 6.45) is 0. The molecule has 0 atom stereocenters. The third-order valence-corrected chi connectivity index (χ3v) is 4.69. The second kappa shape index (κ2) is 7.72. The first-order valence-electron chi connectivity index (χ1n) is 7.72. The lowest BCUT2D eigenvalue weighted by molar-refractivity contribution is -0.385. The Morgan fingerprint density at radius 1 is 1.08 bits per heavy atom. The first-order chi connectivity index (χ1) is 12.4. The predicted molar refractivity (Wildman–Crippen MR) is 105 cm³/mol. The van der Waals surface area contributed by atoms with Gasteiger partial charge in [0.1, 0.15) is 5.15 Å². The Balaban J connectivity index is 1.87. The highest BCUT2D eigenvalue weighted by molar-refractivity contribution is 8.00. The summed E-state index contributed by atoms with van der Waals surface area (Å²) in [6.45, 7) is 4.03. The van der Waals surface area contributed by atoms with Gasteiger partial charge in [-0.05, 0) is 43.0 Å². The van der Waals surface area contributed by atoms with Crippen molar-refractivity contribution in [3.05, 3.63) is 74.9 Å². The zero-order valence-corrected chi connectivity index (χ0v) is 15.6. The Hall–Kier alpha value is -2.64. The molecule has 1 N–H and O–H groups in total. The number of halogens is 1. The fraction of sp³-hybridized carbons (Fsp3) is 0.111. The van der Waals surface area contributed by atoms with Gasteiger partial charge in [-0.1, -0.05) is 35.9 Å². The van der Waals surface area contributed by atoms with E-state index in [2.05, 4.69) is 14.7 Å². The van der Waals surface area contributed by atoms with E-state index < -0.39 is 4.92 Å². The Kier molecular flexibility index (Phi) is 5.39. The van der Waals surface area contributed by atoms with Gasteiger partial charge in [0.15, 0.2) is 0 Å². The minimum Gasteiger partial charge on any atom is -0.294 e. The van der Waals surface area contributed by atoms with Gasteiger partial charge in [0.05, 0.1) is 10.6 Å². The quantitative estimate of drug-likeness (QED) is 0.272. The number of aromatic nitrogens is 2. The summed E-state index contributed by atoms with van der Waals surface area (Å²) in [4.78, 5) is 19.8. The molecule has 2 aromatic carbocycles.